The van der Waals surface area contributed by atoms with Gasteiger partial charge in [-0.2, -0.15) is 0 Å². The molecular weight excluding hydrogens is 228 g/mol. The van der Waals surface area contributed by atoms with Crippen LogP contribution in [0.2, 0.25) is 0 Å². The van der Waals surface area contributed by atoms with Crippen LogP contribution >= 0.6 is 0 Å². The van der Waals surface area contributed by atoms with Crippen LogP contribution in [0.5, 0.6) is 5.75 Å². The first-order valence-electron chi connectivity index (χ1n) is 6.61. The van der Waals surface area contributed by atoms with Crippen molar-refractivity contribution in [1.29, 1.82) is 0 Å². The summed E-state index contributed by atoms with van der Waals surface area (Å²) in [7, 11) is 1.64. The minimum absolute atomic E-state index is 0.357. The van der Waals surface area contributed by atoms with Gasteiger partial charge in [0.25, 0.3) is 0 Å². The van der Waals surface area contributed by atoms with E-state index in [9.17, 15) is 5.11 Å². The fourth-order valence-corrected chi connectivity index (χ4v) is 2.66. The Morgan fingerprint density at radius 1 is 1.44 bits per heavy atom. The lowest BCUT2D eigenvalue weighted by molar-refractivity contribution is -0.0462. The van der Waals surface area contributed by atoms with Crippen molar-refractivity contribution >= 4 is 0 Å². The monoisotopic (exact) mass is 250 g/mol. The number of rotatable bonds is 5. The highest BCUT2D eigenvalue weighted by Crippen LogP contribution is 2.38. The molecular formula is C15H22O3. The van der Waals surface area contributed by atoms with Crippen molar-refractivity contribution in [2.75, 3.05) is 20.3 Å². The Kier molecular flexibility index (Phi) is 4.25. The van der Waals surface area contributed by atoms with Gasteiger partial charge in [0, 0.05) is 7.11 Å². The molecule has 2 atom stereocenters. The molecule has 0 amide bonds. The Morgan fingerprint density at radius 2 is 2.22 bits per heavy atom. The first-order chi connectivity index (χ1) is 8.68. The second-order valence-corrected chi connectivity index (χ2v) is 5.09. The fraction of sp³-hybridized carbons (Fsp3) is 0.600. The van der Waals surface area contributed by atoms with Crippen molar-refractivity contribution in [3.63, 3.8) is 0 Å². The van der Waals surface area contributed by atoms with Crippen LogP contribution in [0.25, 0.3) is 0 Å². The molecule has 0 saturated heterocycles. The van der Waals surface area contributed by atoms with Crippen molar-refractivity contribution in [3.05, 3.63) is 29.8 Å². The predicted molar refractivity (Wildman–Crippen MR) is 71.0 cm³/mol. The first-order valence-corrected chi connectivity index (χ1v) is 6.61. The molecule has 2 rings (SSSR count). The highest BCUT2D eigenvalue weighted by atomic mass is 16.5. The summed E-state index contributed by atoms with van der Waals surface area (Å²) in [5.74, 6) is 1.32. The van der Waals surface area contributed by atoms with Gasteiger partial charge < -0.3 is 14.6 Å². The minimum Gasteiger partial charge on any atom is -0.493 e. The Bertz CT molecular complexity index is 391. The lowest BCUT2D eigenvalue weighted by atomic mass is 9.82. The first kappa shape index (κ1) is 13.4. The molecule has 0 aromatic heterocycles. The average molecular weight is 250 g/mol. The zero-order chi connectivity index (χ0) is 13.0. The maximum atomic E-state index is 10.5. The molecule has 0 saturated carbocycles. The summed E-state index contributed by atoms with van der Waals surface area (Å²) >= 11 is 0. The Balaban J connectivity index is 2.15. The zero-order valence-corrected chi connectivity index (χ0v) is 11.2. The van der Waals surface area contributed by atoms with E-state index in [0.29, 0.717) is 18.9 Å². The van der Waals surface area contributed by atoms with E-state index in [-0.39, 0.29) is 0 Å². The third-order valence-corrected chi connectivity index (χ3v) is 3.78. The van der Waals surface area contributed by atoms with Gasteiger partial charge in [-0.1, -0.05) is 25.1 Å². The summed E-state index contributed by atoms with van der Waals surface area (Å²) in [5, 5.41) is 10.5. The topological polar surface area (TPSA) is 38.7 Å². The Hall–Kier alpha value is -1.06. The van der Waals surface area contributed by atoms with Gasteiger partial charge in [0.05, 0.1) is 18.8 Å². The lowest BCUT2D eigenvalue weighted by Gasteiger charge is -2.33. The van der Waals surface area contributed by atoms with Crippen LogP contribution < -0.4 is 4.74 Å². The van der Waals surface area contributed by atoms with Gasteiger partial charge in [-0.3, -0.25) is 0 Å². The molecule has 1 aromatic rings. The molecule has 1 heterocycles. The van der Waals surface area contributed by atoms with E-state index in [1.54, 1.807) is 7.11 Å². The van der Waals surface area contributed by atoms with Gasteiger partial charge in [0.2, 0.25) is 0 Å². The number of benzene rings is 1. The normalized spacial score (nSPS) is 21.8. The number of aliphatic hydroxyl groups is 1. The number of hydrogen-bond acceptors (Lipinski definition) is 3. The van der Waals surface area contributed by atoms with E-state index in [1.807, 2.05) is 25.1 Å². The molecule has 1 aliphatic rings. The van der Waals surface area contributed by atoms with E-state index in [4.69, 9.17) is 9.47 Å². The summed E-state index contributed by atoms with van der Waals surface area (Å²) in [5.41, 5.74) is 0.482. The van der Waals surface area contributed by atoms with Crippen molar-refractivity contribution in [2.24, 2.45) is 0 Å². The molecule has 3 nitrogen and oxygen atoms in total. The van der Waals surface area contributed by atoms with Crippen LogP contribution in [0.15, 0.2) is 24.3 Å². The van der Waals surface area contributed by atoms with Gasteiger partial charge >= 0.3 is 0 Å². The second kappa shape index (κ2) is 5.72. The van der Waals surface area contributed by atoms with Crippen LogP contribution in [0.1, 0.15) is 37.7 Å². The quantitative estimate of drug-likeness (QED) is 0.873. The molecule has 1 aromatic carbocycles. The van der Waals surface area contributed by atoms with Crippen molar-refractivity contribution in [2.45, 2.75) is 37.7 Å². The summed E-state index contributed by atoms with van der Waals surface area (Å²) in [6.45, 7) is 3.13. The van der Waals surface area contributed by atoms with E-state index in [2.05, 4.69) is 6.07 Å². The lowest BCUT2D eigenvalue weighted by Crippen LogP contribution is -2.36. The summed E-state index contributed by atoms with van der Waals surface area (Å²) < 4.78 is 10.8. The standard InChI is InChI=1S/C15H22O3/c1-3-15(16,11-17-2)10-12-8-9-18-14-7-5-4-6-13(12)14/h4-7,12,16H,3,8-11H2,1-2H3. The molecule has 0 aliphatic carbocycles. The zero-order valence-electron chi connectivity index (χ0n) is 11.2. The van der Waals surface area contributed by atoms with E-state index in [1.165, 1.54) is 5.56 Å². The molecule has 0 fully saturated rings. The third kappa shape index (κ3) is 2.85. The van der Waals surface area contributed by atoms with E-state index >= 15 is 0 Å². The largest absolute Gasteiger partial charge is 0.493 e. The molecule has 18 heavy (non-hydrogen) atoms. The third-order valence-electron chi connectivity index (χ3n) is 3.78. The number of fused-ring (bicyclic) bond motifs is 1. The second-order valence-electron chi connectivity index (χ2n) is 5.09. The molecule has 100 valence electrons. The molecule has 3 heteroatoms. The van der Waals surface area contributed by atoms with Crippen LogP contribution in [-0.4, -0.2) is 31.0 Å². The van der Waals surface area contributed by atoms with Crippen LogP contribution in [0.4, 0.5) is 0 Å². The van der Waals surface area contributed by atoms with Gasteiger partial charge in [-0.05, 0) is 36.8 Å². The van der Waals surface area contributed by atoms with Crippen LogP contribution in [0, 0.1) is 0 Å². The van der Waals surface area contributed by atoms with Gasteiger partial charge in [0.1, 0.15) is 5.75 Å². The molecule has 1 N–H and O–H groups in total. The van der Waals surface area contributed by atoms with Crippen LogP contribution in [-0.2, 0) is 4.74 Å². The smallest absolute Gasteiger partial charge is 0.122 e. The predicted octanol–water partition coefficient (Wildman–Crippen LogP) is 2.73. The molecule has 0 bridgehead atoms. The van der Waals surface area contributed by atoms with E-state index in [0.717, 1.165) is 25.2 Å². The summed E-state index contributed by atoms with van der Waals surface area (Å²) in [6, 6.07) is 8.12. The van der Waals surface area contributed by atoms with Crippen molar-refractivity contribution in [3.8, 4) is 5.75 Å². The maximum Gasteiger partial charge on any atom is 0.122 e. The average Bonchev–Trinajstić information content (AvgIpc) is 2.39. The summed E-state index contributed by atoms with van der Waals surface area (Å²) in [6.07, 6.45) is 2.40. The van der Waals surface area contributed by atoms with Crippen molar-refractivity contribution in [1.82, 2.24) is 0 Å². The van der Waals surface area contributed by atoms with E-state index < -0.39 is 5.60 Å². The Morgan fingerprint density at radius 3 is 2.94 bits per heavy atom. The molecule has 0 radical (unpaired) electrons. The number of ether oxygens (including phenoxy) is 2. The Labute approximate surface area is 109 Å². The SMILES string of the molecule is CCC(O)(COC)CC1CCOc2ccccc21. The molecule has 1 aliphatic heterocycles. The van der Waals surface area contributed by atoms with Gasteiger partial charge in [-0.15, -0.1) is 0 Å². The molecule has 2 unspecified atom stereocenters. The highest BCUT2D eigenvalue weighted by Gasteiger charge is 2.32. The highest BCUT2D eigenvalue weighted by molar-refractivity contribution is 5.37. The fourth-order valence-electron chi connectivity index (χ4n) is 2.66. The number of para-hydroxylation sites is 1. The molecule has 0 spiro atoms. The number of methoxy groups -OCH3 is 1. The minimum atomic E-state index is -0.732. The van der Waals surface area contributed by atoms with Crippen LogP contribution in [0.3, 0.4) is 0 Å². The summed E-state index contributed by atoms with van der Waals surface area (Å²) in [4.78, 5) is 0. The van der Waals surface area contributed by atoms with Gasteiger partial charge in [0.15, 0.2) is 0 Å². The number of hydrogen-bond donors (Lipinski definition) is 1. The van der Waals surface area contributed by atoms with Crippen molar-refractivity contribution < 1.29 is 14.6 Å². The van der Waals surface area contributed by atoms with Gasteiger partial charge in [-0.25, -0.2) is 0 Å². The maximum absolute atomic E-state index is 10.5.